The van der Waals surface area contributed by atoms with Gasteiger partial charge in [0.2, 0.25) is 0 Å². The molecule has 24 heavy (non-hydrogen) atoms. The highest BCUT2D eigenvalue weighted by Crippen LogP contribution is 2.30. The monoisotopic (exact) mass is 328 g/mol. The Labute approximate surface area is 144 Å². The summed E-state index contributed by atoms with van der Waals surface area (Å²) in [6.07, 6.45) is 2.83. The average molecular weight is 328 g/mol. The molecule has 0 aliphatic carbocycles. The second-order valence-electron chi connectivity index (χ2n) is 7.71. The molecule has 1 N–H and O–H groups in total. The summed E-state index contributed by atoms with van der Waals surface area (Å²) in [5.41, 5.74) is 3.85. The quantitative estimate of drug-likeness (QED) is 0.939. The highest BCUT2D eigenvalue weighted by molar-refractivity contribution is 6.00. The van der Waals surface area contributed by atoms with Gasteiger partial charge in [0.15, 0.2) is 0 Å². The number of aromatic nitrogens is 2. The molecule has 0 saturated carbocycles. The lowest BCUT2D eigenvalue weighted by Crippen LogP contribution is -2.44. The maximum atomic E-state index is 12.8. The molecule has 0 aromatic carbocycles. The molecule has 2 aromatic rings. The summed E-state index contributed by atoms with van der Waals surface area (Å²) in [6.45, 7) is 13.8. The molecule has 1 fully saturated rings. The first kappa shape index (κ1) is 17.0. The van der Waals surface area contributed by atoms with Crippen LogP contribution in [0.25, 0.3) is 5.52 Å². The number of aryl methyl sites for hydroxylation is 2. The Balaban J connectivity index is 1.82. The molecule has 5 nitrogen and oxygen atoms in total. The predicted octanol–water partition coefficient (Wildman–Crippen LogP) is 2.80. The number of pyridine rings is 1. The summed E-state index contributed by atoms with van der Waals surface area (Å²) in [7, 11) is 0. The predicted molar refractivity (Wildman–Crippen MR) is 96.4 cm³/mol. The number of carbonyl (C=O) groups excluding carboxylic acids is 1. The summed E-state index contributed by atoms with van der Waals surface area (Å²) >= 11 is 0. The van der Waals surface area contributed by atoms with Crippen LogP contribution < -0.4 is 5.32 Å². The van der Waals surface area contributed by atoms with Gasteiger partial charge in [-0.15, -0.1) is 0 Å². The van der Waals surface area contributed by atoms with Gasteiger partial charge in [0.05, 0.1) is 17.3 Å². The molecule has 0 spiro atoms. The SMILES string of the molecule is CCCN1CC(NC(=O)c2cnn3c(C)c(C)ccc23)C(C)(C)C1. The van der Waals surface area contributed by atoms with E-state index >= 15 is 0 Å². The fourth-order valence-corrected chi connectivity index (χ4v) is 3.67. The van der Waals surface area contributed by atoms with Crippen molar-refractivity contribution in [3.05, 3.63) is 35.2 Å². The van der Waals surface area contributed by atoms with Crippen molar-refractivity contribution in [1.29, 1.82) is 0 Å². The van der Waals surface area contributed by atoms with Crippen molar-refractivity contribution in [2.24, 2.45) is 5.41 Å². The van der Waals surface area contributed by atoms with E-state index in [0.717, 1.165) is 37.3 Å². The van der Waals surface area contributed by atoms with Gasteiger partial charge in [0.1, 0.15) is 0 Å². The van der Waals surface area contributed by atoms with Crippen molar-refractivity contribution in [3.8, 4) is 0 Å². The van der Waals surface area contributed by atoms with Crippen LogP contribution in [-0.2, 0) is 0 Å². The second-order valence-corrected chi connectivity index (χ2v) is 7.71. The fraction of sp³-hybridized carbons (Fsp3) is 0.579. The Hall–Kier alpha value is -1.88. The number of nitrogens with zero attached hydrogens (tertiary/aromatic N) is 3. The van der Waals surface area contributed by atoms with Gasteiger partial charge in [-0.1, -0.05) is 26.8 Å². The number of carbonyl (C=O) groups is 1. The molecule has 130 valence electrons. The Morgan fingerprint density at radius 2 is 2.12 bits per heavy atom. The minimum Gasteiger partial charge on any atom is -0.347 e. The molecule has 1 aliphatic heterocycles. The van der Waals surface area contributed by atoms with Gasteiger partial charge < -0.3 is 10.2 Å². The molecule has 0 radical (unpaired) electrons. The van der Waals surface area contributed by atoms with Crippen LogP contribution in [0.15, 0.2) is 18.3 Å². The lowest BCUT2D eigenvalue weighted by atomic mass is 9.87. The zero-order chi connectivity index (χ0) is 17.5. The minimum atomic E-state index is -0.0234. The zero-order valence-electron chi connectivity index (χ0n) is 15.4. The molecule has 1 aliphatic rings. The topological polar surface area (TPSA) is 49.6 Å². The first-order valence-corrected chi connectivity index (χ1v) is 8.80. The average Bonchev–Trinajstić information content (AvgIpc) is 3.05. The van der Waals surface area contributed by atoms with Crippen molar-refractivity contribution in [3.63, 3.8) is 0 Å². The first-order valence-electron chi connectivity index (χ1n) is 8.80. The van der Waals surface area contributed by atoms with Gasteiger partial charge in [-0.25, -0.2) is 4.52 Å². The number of hydrogen-bond acceptors (Lipinski definition) is 3. The fourth-order valence-electron chi connectivity index (χ4n) is 3.67. The summed E-state index contributed by atoms with van der Waals surface area (Å²) in [6, 6.07) is 4.19. The van der Waals surface area contributed by atoms with Crippen LogP contribution in [0.4, 0.5) is 0 Å². The lowest BCUT2D eigenvalue weighted by Gasteiger charge is -2.26. The molecule has 1 saturated heterocycles. The third-order valence-corrected chi connectivity index (χ3v) is 5.29. The zero-order valence-corrected chi connectivity index (χ0v) is 15.4. The van der Waals surface area contributed by atoms with Gasteiger partial charge in [-0.05, 0) is 43.9 Å². The van der Waals surface area contributed by atoms with Gasteiger partial charge in [0.25, 0.3) is 5.91 Å². The third-order valence-electron chi connectivity index (χ3n) is 5.29. The molecule has 1 unspecified atom stereocenters. The Morgan fingerprint density at radius 3 is 2.83 bits per heavy atom. The molecule has 3 heterocycles. The molecule has 0 bridgehead atoms. The van der Waals surface area contributed by atoms with E-state index in [0.29, 0.717) is 5.56 Å². The van der Waals surface area contributed by atoms with Crippen molar-refractivity contribution in [2.75, 3.05) is 19.6 Å². The van der Waals surface area contributed by atoms with E-state index in [1.165, 1.54) is 5.56 Å². The van der Waals surface area contributed by atoms with Crippen LogP contribution in [-0.4, -0.2) is 46.1 Å². The van der Waals surface area contributed by atoms with Gasteiger partial charge >= 0.3 is 0 Å². The van der Waals surface area contributed by atoms with Gasteiger partial charge in [-0.2, -0.15) is 5.10 Å². The van der Waals surface area contributed by atoms with Gasteiger partial charge in [0, 0.05) is 24.8 Å². The number of fused-ring (bicyclic) bond motifs is 1. The van der Waals surface area contributed by atoms with E-state index in [4.69, 9.17) is 0 Å². The highest BCUT2D eigenvalue weighted by atomic mass is 16.1. The van der Waals surface area contributed by atoms with Crippen LogP contribution in [0.1, 0.15) is 48.8 Å². The Kier molecular flexibility index (Phi) is 4.38. The number of rotatable bonds is 4. The van der Waals surface area contributed by atoms with E-state index in [-0.39, 0.29) is 17.4 Å². The van der Waals surface area contributed by atoms with Crippen LogP contribution in [0.3, 0.4) is 0 Å². The van der Waals surface area contributed by atoms with E-state index < -0.39 is 0 Å². The number of hydrogen-bond donors (Lipinski definition) is 1. The smallest absolute Gasteiger partial charge is 0.255 e. The van der Waals surface area contributed by atoms with Crippen LogP contribution >= 0.6 is 0 Å². The molecular weight excluding hydrogens is 300 g/mol. The molecule has 1 atom stereocenters. The van der Waals surface area contributed by atoms with Gasteiger partial charge in [-0.3, -0.25) is 4.79 Å². The number of nitrogens with one attached hydrogen (secondary N) is 1. The minimum absolute atomic E-state index is 0.0234. The highest BCUT2D eigenvalue weighted by Gasteiger charge is 2.40. The first-order chi connectivity index (χ1) is 11.3. The Bertz CT molecular complexity index is 762. The molecular formula is C19H28N4O. The summed E-state index contributed by atoms with van der Waals surface area (Å²) in [4.78, 5) is 15.3. The van der Waals surface area contributed by atoms with Crippen molar-refractivity contribution < 1.29 is 4.79 Å². The summed E-state index contributed by atoms with van der Waals surface area (Å²) < 4.78 is 1.85. The normalized spacial score (nSPS) is 20.6. The third kappa shape index (κ3) is 2.93. The summed E-state index contributed by atoms with van der Waals surface area (Å²) in [5.74, 6) is -0.0234. The maximum absolute atomic E-state index is 12.8. The van der Waals surface area contributed by atoms with Crippen LogP contribution in [0, 0.1) is 19.3 Å². The molecule has 1 amide bonds. The van der Waals surface area contributed by atoms with E-state index in [1.807, 2.05) is 23.6 Å². The Morgan fingerprint density at radius 1 is 1.38 bits per heavy atom. The van der Waals surface area contributed by atoms with Crippen molar-refractivity contribution in [1.82, 2.24) is 19.8 Å². The maximum Gasteiger partial charge on any atom is 0.255 e. The van der Waals surface area contributed by atoms with E-state index in [9.17, 15) is 4.79 Å². The van der Waals surface area contributed by atoms with Crippen LogP contribution in [0.5, 0.6) is 0 Å². The van der Waals surface area contributed by atoms with E-state index in [1.54, 1.807) is 6.20 Å². The van der Waals surface area contributed by atoms with Crippen molar-refractivity contribution >= 4 is 11.4 Å². The standard InChI is InChI=1S/C19H28N4O/c1-6-9-22-11-17(19(4,5)12-22)21-18(24)15-10-20-23-14(3)13(2)7-8-16(15)23/h7-8,10,17H,6,9,11-12H2,1-5H3,(H,21,24). The lowest BCUT2D eigenvalue weighted by molar-refractivity contribution is 0.0918. The molecule has 2 aromatic heterocycles. The van der Waals surface area contributed by atoms with E-state index in [2.05, 4.69) is 43.0 Å². The molecule has 3 rings (SSSR count). The number of amides is 1. The number of likely N-dealkylation sites (tertiary alicyclic amines) is 1. The van der Waals surface area contributed by atoms with Crippen LogP contribution in [0.2, 0.25) is 0 Å². The molecule has 5 heteroatoms. The second kappa shape index (κ2) is 6.20. The summed E-state index contributed by atoms with van der Waals surface area (Å²) in [5, 5.41) is 7.65. The van der Waals surface area contributed by atoms with Crippen molar-refractivity contribution in [2.45, 2.75) is 47.1 Å². The largest absolute Gasteiger partial charge is 0.347 e.